The molecule has 3 rings (SSSR count). The van der Waals surface area contributed by atoms with Crippen molar-refractivity contribution in [3.63, 3.8) is 0 Å². The predicted molar refractivity (Wildman–Crippen MR) is 76.2 cm³/mol. The van der Waals surface area contributed by atoms with Gasteiger partial charge < -0.3 is 9.84 Å². The fourth-order valence-electron chi connectivity index (χ4n) is 4.59. The van der Waals surface area contributed by atoms with Gasteiger partial charge in [-0.1, -0.05) is 12.8 Å². The summed E-state index contributed by atoms with van der Waals surface area (Å²) in [5, 5.41) is 10.1. The van der Waals surface area contributed by atoms with E-state index in [-0.39, 0.29) is 6.10 Å². The first-order chi connectivity index (χ1) is 9.25. The molecule has 0 aromatic carbocycles. The van der Waals surface area contributed by atoms with Crippen molar-refractivity contribution in [3.8, 4) is 0 Å². The van der Waals surface area contributed by atoms with Crippen LogP contribution in [0.4, 0.5) is 0 Å². The number of aliphatic hydroxyl groups is 1. The van der Waals surface area contributed by atoms with Crippen LogP contribution in [0.3, 0.4) is 0 Å². The van der Waals surface area contributed by atoms with E-state index in [4.69, 9.17) is 4.74 Å². The van der Waals surface area contributed by atoms with Crippen LogP contribution in [0.15, 0.2) is 0 Å². The van der Waals surface area contributed by atoms with Gasteiger partial charge in [0, 0.05) is 25.7 Å². The fourth-order valence-corrected chi connectivity index (χ4v) is 4.59. The quantitative estimate of drug-likeness (QED) is 0.831. The number of methoxy groups -OCH3 is 1. The highest BCUT2D eigenvalue weighted by molar-refractivity contribution is 5.03. The van der Waals surface area contributed by atoms with Crippen molar-refractivity contribution in [1.29, 1.82) is 0 Å². The molecule has 19 heavy (non-hydrogen) atoms. The van der Waals surface area contributed by atoms with Crippen molar-refractivity contribution in [2.24, 2.45) is 5.41 Å². The number of ether oxygens (including phenoxy) is 1. The molecule has 0 saturated heterocycles. The average molecular weight is 267 g/mol. The van der Waals surface area contributed by atoms with Gasteiger partial charge in [-0.15, -0.1) is 0 Å². The van der Waals surface area contributed by atoms with Crippen LogP contribution in [-0.2, 0) is 4.74 Å². The second kappa shape index (κ2) is 5.71. The molecule has 1 spiro atoms. The third kappa shape index (κ3) is 2.84. The summed E-state index contributed by atoms with van der Waals surface area (Å²) >= 11 is 0. The molecule has 0 radical (unpaired) electrons. The van der Waals surface area contributed by atoms with Gasteiger partial charge in [0.15, 0.2) is 0 Å². The van der Waals surface area contributed by atoms with E-state index in [9.17, 15) is 5.11 Å². The van der Waals surface area contributed by atoms with Gasteiger partial charge in [-0.2, -0.15) is 0 Å². The highest BCUT2D eigenvalue weighted by Gasteiger charge is 2.49. The molecule has 2 unspecified atom stereocenters. The minimum Gasteiger partial charge on any atom is -0.393 e. The first-order valence-electron chi connectivity index (χ1n) is 8.18. The topological polar surface area (TPSA) is 32.7 Å². The van der Waals surface area contributed by atoms with Gasteiger partial charge in [-0.3, -0.25) is 4.90 Å². The van der Waals surface area contributed by atoms with Crippen molar-refractivity contribution >= 4 is 0 Å². The van der Waals surface area contributed by atoms with E-state index >= 15 is 0 Å². The second-order valence-electron chi connectivity index (χ2n) is 6.98. The first kappa shape index (κ1) is 13.8. The standard InChI is InChI=1S/C16H29NO2/c1-19-11-10-17(13-4-5-13)15-12-14(18)6-9-16(15)7-2-3-8-16/h13-15,18H,2-12H2,1H3. The van der Waals surface area contributed by atoms with Crippen LogP contribution >= 0.6 is 0 Å². The summed E-state index contributed by atoms with van der Waals surface area (Å²) < 4.78 is 5.31. The zero-order valence-corrected chi connectivity index (χ0v) is 12.3. The van der Waals surface area contributed by atoms with Gasteiger partial charge in [0.2, 0.25) is 0 Å². The number of rotatable bonds is 5. The van der Waals surface area contributed by atoms with Gasteiger partial charge in [0.05, 0.1) is 12.7 Å². The molecule has 3 saturated carbocycles. The zero-order valence-electron chi connectivity index (χ0n) is 12.3. The summed E-state index contributed by atoms with van der Waals surface area (Å²) in [6.07, 6.45) is 11.5. The van der Waals surface area contributed by atoms with Crippen LogP contribution in [0.1, 0.15) is 57.8 Å². The zero-order chi connectivity index (χ0) is 13.3. The van der Waals surface area contributed by atoms with Gasteiger partial charge in [0.1, 0.15) is 0 Å². The molecule has 3 fully saturated rings. The van der Waals surface area contributed by atoms with E-state index in [0.717, 1.165) is 32.0 Å². The summed E-state index contributed by atoms with van der Waals surface area (Å²) in [4.78, 5) is 2.71. The van der Waals surface area contributed by atoms with E-state index in [0.29, 0.717) is 11.5 Å². The Morgan fingerprint density at radius 1 is 1.16 bits per heavy atom. The lowest BCUT2D eigenvalue weighted by Crippen LogP contribution is -2.53. The Morgan fingerprint density at radius 3 is 2.53 bits per heavy atom. The maximum Gasteiger partial charge on any atom is 0.0589 e. The van der Waals surface area contributed by atoms with E-state index in [1.807, 2.05) is 0 Å². The van der Waals surface area contributed by atoms with Crippen LogP contribution < -0.4 is 0 Å². The summed E-state index contributed by atoms with van der Waals surface area (Å²) in [5.41, 5.74) is 0.523. The van der Waals surface area contributed by atoms with Crippen LogP contribution in [-0.4, -0.2) is 48.5 Å². The maximum atomic E-state index is 10.1. The summed E-state index contributed by atoms with van der Waals surface area (Å²) in [5.74, 6) is 0. The minimum absolute atomic E-state index is 0.0694. The highest BCUT2D eigenvalue weighted by atomic mass is 16.5. The molecule has 0 aliphatic heterocycles. The van der Waals surface area contributed by atoms with Gasteiger partial charge >= 0.3 is 0 Å². The highest BCUT2D eigenvalue weighted by Crippen LogP contribution is 2.52. The Kier molecular flexibility index (Phi) is 4.16. The van der Waals surface area contributed by atoms with Crippen molar-refractivity contribution in [2.45, 2.75) is 76.0 Å². The molecular weight excluding hydrogens is 238 g/mol. The SMILES string of the molecule is COCCN(C1CC1)C1CC(O)CCC12CCCC2. The molecular formula is C16H29NO2. The Bertz CT molecular complexity index is 297. The molecule has 0 amide bonds. The number of hydrogen-bond acceptors (Lipinski definition) is 3. The number of hydrogen-bond donors (Lipinski definition) is 1. The fraction of sp³-hybridized carbons (Fsp3) is 1.00. The molecule has 3 aliphatic carbocycles. The Hall–Kier alpha value is -0.120. The van der Waals surface area contributed by atoms with E-state index < -0.39 is 0 Å². The van der Waals surface area contributed by atoms with E-state index in [2.05, 4.69) is 4.90 Å². The Morgan fingerprint density at radius 2 is 1.89 bits per heavy atom. The normalized spacial score (nSPS) is 34.3. The molecule has 3 heteroatoms. The molecule has 0 aromatic heterocycles. The lowest BCUT2D eigenvalue weighted by Gasteiger charge is -2.49. The van der Waals surface area contributed by atoms with Crippen LogP contribution in [0.25, 0.3) is 0 Å². The lowest BCUT2D eigenvalue weighted by molar-refractivity contribution is -0.0368. The first-order valence-corrected chi connectivity index (χ1v) is 8.18. The van der Waals surface area contributed by atoms with Gasteiger partial charge in [-0.05, 0) is 50.4 Å². The third-order valence-corrected chi connectivity index (χ3v) is 5.75. The monoisotopic (exact) mass is 267 g/mol. The molecule has 0 bridgehead atoms. The molecule has 3 aliphatic rings. The largest absolute Gasteiger partial charge is 0.393 e. The summed E-state index contributed by atoms with van der Waals surface area (Å²) in [7, 11) is 1.80. The van der Waals surface area contributed by atoms with E-state index in [1.165, 1.54) is 44.9 Å². The van der Waals surface area contributed by atoms with Crippen LogP contribution in [0, 0.1) is 5.41 Å². The maximum absolute atomic E-state index is 10.1. The van der Waals surface area contributed by atoms with Crippen molar-refractivity contribution in [1.82, 2.24) is 4.90 Å². The molecule has 0 heterocycles. The van der Waals surface area contributed by atoms with Crippen molar-refractivity contribution in [3.05, 3.63) is 0 Å². The van der Waals surface area contributed by atoms with E-state index in [1.54, 1.807) is 7.11 Å². The lowest BCUT2D eigenvalue weighted by atomic mass is 9.67. The van der Waals surface area contributed by atoms with Crippen LogP contribution in [0.2, 0.25) is 0 Å². The van der Waals surface area contributed by atoms with Crippen molar-refractivity contribution < 1.29 is 9.84 Å². The van der Waals surface area contributed by atoms with Crippen molar-refractivity contribution in [2.75, 3.05) is 20.3 Å². The molecule has 110 valence electrons. The molecule has 2 atom stereocenters. The average Bonchev–Trinajstić information content (AvgIpc) is 3.14. The second-order valence-corrected chi connectivity index (χ2v) is 6.98. The number of nitrogens with zero attached hydrogens (tertiary/aromatic N) is 1. The summed E-state index contributed by atoms with van der Waals surface area (Å²) in [6.45, 7) is 1.89. The van der Waals surface area contributed by atoms with Crippen LogP contribution in [0.5, 0.6) is 0 Å². The molecule has 3 nitrogen and oxygen atoms in total. The Balaban J connectivity index is 1.75. The third-order valence-electron chi connectivity index (χ3n) is 5.75. The molecule has 1 N–H and O–H groups in total. The summed E-state index contributed by atoms with van der Waals surface area (Å²) in [6, 6.07) is 1.39. The smallest absolute Gasteiger partial charge is 0.0589 e. The van der Waals surface area contributed by atoms with Gasteiger partial charge in [0.25, 0.3) is 0 Å². The van der Waals surface area contributed by atoms with Gasteiger partial charge in [-0.25, -0.2) is 0 Å². The number of aliphatic hydroxyl groups excluding tert-OH is 1. The molecule has 0 aromatic rings. The Labute approximate surface area is 117 Å². The minimum atomic E-state index is -0.0694. The predicted octanol–water partition coefficient (Wildman–Crippen LogP) is 2.57.